The standard InChI is InChI=1S/C15H24N8O/c1-2-3-7-23-15(19-20-21-23)12-22-8-9-24-13(11-22)10-16-14-5-4-6-17-18-14/h4-6,13H,2-3,7-12H2,1H3,(H,16,18). The molecule has 0 bridgehead atoms. The highest BCUT2D eigenvalue weighted by Crippen LogP contribution is 2.10. The van der Waals surface area contributed by atoms with Gasteiger partial charge in [-0.05, 0) is 29.0 Å². The van der Waals surface area contributed by atoms with Crippen LogP contribution in [0.5, 0.6) is 0 Å². The van der Waals surface area contributed by atoms with Gasteiger partial charge < -0.3 is 10.1 Å². The van der Waals surface area contributed by atoms with Crippen LogP contribution in [0.25, 0.3) is 0 Å². The molecule has 1 aliphatic heterocycles. The van der Waals surface area contributed by atoms with E-state index in [0.29, 0.717) is 13.2 Å². The number of ether oxygens (including phenoxy) is 1. The molecular formula is C15H24N8O. The Morgan fingerprint density at radius 2 is 2.33 bits per heavy atom. The van der Waals surface area contributed by atoms with Crippen molar-refractivity contribution in [1.82, 2.24) is 35.3 Å². The molecule has 1 saturated heterocycles. The Labute approximate surface area is 141 Å². The lowest BCUT2D eigenvalue weighted by molar-refractivity contribution is -0.0252. The lowest BCUT2D eigenvalue weighted by Gasteiger charge is -2.32. The number of hydrogen-bond acceptors (Lipinski definition) is 8. The van der Waals surface area contributed by atoms with Crippen molar-refractivity contribution in [2.24, 2.45) is 0 Å². The van der Waals surface area contributed by atoms with Crippen molar-refractivity contribution in [3.8, 4) is 0 Å². The second-order valence-corrected chi connectivity index (χ2v) is 5.89. The molecule has 0 aromatic carbocycles. The van der Waals surface area contributed by atoms with Crippen molar-refractivity contribution >= 4 is 5.82 Å². The largest absolute Gasteiger partial charge is 0.374 e. The Bertz CT molecular complexity index is 605. The molecule has 9 heteroatoms. The SMILES string of the molecule is CCCCn1nnnc1CN1CCOC(CNc2cccnn2)C1. The molecule has 3 rings (SSSR count). The molecule has 1 atom stereocenters. The molecule has 24 heavy (non-hydrogen) atoms. The third-order valence-electron chi connectivity index (χ3n) is 4.00. The van der Waals surface area contributed by atoms with E-state index in [1.54, 1.807) is 6.20 Å². The van der Waals surface area contributed by atoms with E-state index in [2.05, 4.69) is 42.9 Å². The van der Waals surface area contributed by atoms with Crippen molar-refractivity contribution < 1.29 is 4.74 Å². The molecule has 2 aromatic heterocycles. The molecule has 0 spiro atoms. The second kappa shape index (κ2) is 8.65. The van der Waals surface area contributed by atoms with E-state index >= 15 is 0 Å². The minimum absolute atomic E-state index is 0.112. The average molecular weight is 332 g/mol. The molecule has 9 nitrogen and oxygen atoms in total. The van der Waals surface area contributed by atoms with Crippen LogP contribution in [0.3, 0.4) is 0 Å². The number of morpholine rings is 1. The Balaban J connectivity index is 1.49. The summed E-state index contributed by atoms with van der Waals surface area (Å²) in [5, 5.41) is 23.2. The van der Waals surface area contributed by atoms with Gasteiger partial charge >= 0.3 is 0 Å². The summed E-state index contributed by atoms with van der Waals surface area (Å²) < 4.78 is 7.74. The molecule has 0 saturated carbocycles. The van der Waals surface area contributed by atoms with Crippen LogP contribution < -0.4 is 5.32 Å². The highest BCUT2D eigenvalue weighted by atomic mass is 16.5. The molecule has 2 aromatic rings. The van der Waals surface area contributed by atoms with Crippen LogP contribution in [0.4, 0.5) is 5.82 Å². The fourth-order valence-electron chi connectivity index (χ4n) is 2.68. The number of nitrogens with one attached hydrogen (secondary N) is 1. The first-order chi connectivity index (χ1) is 11.8. The molecule has 1 unspecified atom stereocenters. The average Bonchev–Trinajstić information content (AvgIpc) is 3.06. The summed E-state index contributed by atoms with van der Waals surface area (Å²) in [6.07, 6.45) is 3.99. The number of unbranched alkanes of at least 4 members (excludes halogenated alkanes) is 1. The van der Waals surface area contributed by atoms with Gasteiger partial charge in [-0.1, -0.05) is 13.3 Å². The fraction of sp³-hybridized carbons (Fsp3) is 0.667. The number of tetrazole rings is 1. The van der Waals surface area contributed by atoms with E-state index in [9.17, 15) is 0 Å². The lowest BCUT2D eigenvalue weighted by Crippen LogP contribution is -2.45. The predicted molar refractivity (Wildman–Crippen MR) is 88.3 cm³/mol. The fourth-order valence-corrected chi connectivity index (χ4v) is 2.68. The number of rotatable bonds is 8. The number of hydrogen-bond donors (Lipinski definition) is 1. The summed E-state index contributed by atoms with van der Waals surface area (Å²) in [4.78, 5) is 2.33. The van der Waals surface area contributed by atoms with Crippen LogP contribution in [0, 0.1) is 0 Å². The molecule has 1 fully saturated rings. The third kappa shape index (κ3) is 4.68. The maximum absolute atomic E-state index is 5.83. The monoisotopic (exact) mass is 332 g/mol. The van der Waals surface area contributed by atoms with Gasteiger partial charge in [-0.15, -0.1) is 10.2 Å². The van der Waals surface area contributed by atoms with Gasteiger partial charge in [0.2, 0.25) is 0 Å². The van der Waals surface area contributed by atoms with Crippen LogP contribution in [0.2, 0.25) is 0 Å². The van der Waals surface area contributed by atoms with E-state index in [4.69, 9.17) is 4.74 Å². The number of anilines is 1. The molecular weight excluding hydrogens is 308 g/mol. The van der Waals surface area contributed by atoms with Crippen molar-refractivity contribution in [2.75, 3.05) is 31.6 Å². The van der Waals surface area contributed by atoms with Gasteiger partial charge in [0.15, 0.2) is 5.82 Å². The second-order valence-electron chi connectivity index (χ2n) is 5.89. The maximum atomic E-state index is 5.83. The minimum atomic E-state index is 0.112. The van der Waals surface area contributed by atoms with Crippen LogP contribution in [-0.4, -0.2) is 67.6 Å². The summed E-state index contributed by atoms with van der Waals surface area (Å²) >= 11 is 0. The van der Waals surface area contributed by atoms with Crippen molar-refractivity contribution in [2.45, 2.75) is 39.0 Å². The Morgan fingerprint density at radius 1 is 1.38 bits per heavy atom. The first-order valence-electron chi connectivity index (χ1n) is 8.45. The van der Waals surface area contributed by atoms with Crippen molar-refractivity contribution in [1.29, 1.82) is 0 Å². The molecule has 1 N–H and O–H groups in total. The normalized spacial score (nSPS) is 18.6. The summed E-state index contributed by atoms with van der Waals surface area (Å²) in [7, 11) is 0. The number of nitrogens with zero attached hydrogens (tertiary/aromatic N) is 7. The van der Waals surface area contributed by atoms with Gasteiger partial charge in [0.25, 0.3) is 0 Å². The van der Waals surface area contributed by atoms with Gasteiger partial charge in [0.05, 0.1) is 19.3 Å². The van der Waals surface area contributed by atoms with Crippen LogP contribution >= 0.6 is 0 Å². The zero-order valence-corrected chi connectivity index (χ0v) is 14.0. The quantitative estimate of drug-likeness (QED) is 0.750. The van der Waals surface area contributed by atoms with E-state index in [-0.39, 0.29) is 6.10 Å². The van der Waals surface area contributed by atoms with Crippen molar-refractivity contribution in [3.63, 3.8) is 0 Å². The molecule has 130 valence electrons. The summed E-state index contributed by atoms with van der Waals surface area (Å²) in [6.45, 7) is 6.94. The van der Waals surface area contributed by atoms with Gasteiger partial charge in [0.1, 0.15) is 5.82 Å². The van der Waals surface area contributed by atoms with Crippen LogP contribution in [-0.2, 0) is 17.8 Å². The smallest absolute Gasteiger partial charge is 0.165 e. The van der Waals surface area contributed by atoms with E-state index in [1.165, 1.54) is 0 Å². The van der Waals surface area contributed by atoms with Gasteiger partial charge in [-0.25, -0.2) is 4.68 Å². The van der Waals surface area contributed by atoms with Gasteiger partial charge in [0, 0.05) is 32.4 Å². The molecule has 0 radical (unpaired) electrons. The van der Waals surface area contributed by atoms with E-state index < -0.39 is 0 Å². The topological polar surface area (TPSA) is 93.9 Å². The molecule has 1 aliphatic rings. The maximum Gasteiger partial charge on any atom is 0.165 e. The van der Waals surface area contributed by atoms with Crippen molar-refractivity contribution in [3.05, 3.63) is 24.2 Å². The van der Waals surface area contributed by atoms with Gasteiger partial charge in [-0.2, -0.15) is 5.10 Å². The first-order valence-corrected chi connectivity index (χ1v) is 8.45. The summed E-state index contributed by atoms with van der Waals surface area (Å²) in [5.74, 6) is 1.69. The highest BCUT2D eigenvalue weighted by molar-refractivity contribution is 5.31. The summed E-state index contributed by atoms with van der Waals surface area (Å²) in [5.41, 5.74) is 0. The molecule has 0 amide bonds. The van der Waals surface area contributed by atoms with Crippen LogP contribution in [0.1, 0.15) is 25.6 Å². The Morgan fingerprint density at radius 3 is 3.17 bits per heavy atom. The van der Waals surface area contributed by atoms with Crippen LogP contribution in [0.15, 0.2) is 18.3 Å². The zero-order chi connectivity index (χ0) is 16.6. The Kier molecular flexibility index (Phi) is 6.02. The lowest BCUT2D eigenvalue weighted by atomic mass is 10.2. The zero-order valence-electron chi connectivity index (χ0n) is 14.0. The summed E-state index contributed by atoms with van der Waals surface area (Å²) in [6, 6.07) is 3.76. The third-order valence-corrected chi connectivity index (χ3v) is 4.00. The van der Waals surface area contributed by atoms with E-state index in [1.807, 2.05) is 16.8 Å². The first kappa shape index (κ1) is 16.7. The van der Waals surface area contributed by atoms with E-state index in [0.717, 1.165) is 50.7 Å². The Hall–Kier alpha value is -2.13. The highest BCUT2D eigenvalue weighted by Gasteiger charge is 2.22. The predicted octanol–water partition coefficient (Wildman–Crippen LogP) is 0.576. The molecule has 0 aliphatic carbocycles. The molecule has 3 heterocycles. The number of aromatic nitrogens is 6. The number of aryl methyl sites for hydroxylation is 1. The van der Waals surface area contributed by atoms with Gasteiger partial charge in [-0.3, -0.25) is 4.90 Å². The minimum Gasteiger partial charge on any atom is -0.374 e.